The van der Waals surface area contributed by atoms with Crippen LogP contribution in [0.15, 0.2) is 36.5 Å². The summed E-state index contributed by atoms with van der Waals surface area (Å²) in [6.07, 6.45) is 2.07. The van der Waals surface area contributed by atoms with Gasteiger partial charge in [-0.1, -0.05) is 41.9 Å². The molecule has 0 saturated heterocycles. The Kier molecular flexibility index (Phi) is 4.12. The molecule has 0 fully saturated rings. The predicted octanol–water partition coefficient (Wildman–Crippen LogP) is 2.38. The molecule has 0 saturated carbocycles. The largest absolute Gasteiger partial charge is 0.467 e. The van der Waals surface area contributed by atoms with Crippen LogP contribution in [-0.2, 0) is 6.42 Å². The lowest BCUT2D eigenvalue weighted by Gasteiger charge is -2.12. The molecule has 2 aromatic rings. The van der Waals surface area contributed by atoms with Gasteiger partial charge in [0.1, 0.15) is 0 Å². The predicted molar refractivity (Wildman–Crippen MR) is 70.7 cm³/mol. The molecule has 1 aromatic carbocycles. The van der Waals surface area contributed by atoms with Crippen LogP contribution in [0.1, 0.15) is 17.3 Å². The van der Waals surface area contributed by atoms with Gasteiger partial charge in [0.2, 0.25) is 0 Å². The average Bonchev–Trinajstić information content (AvgIpc) is 2.42. The third-order valence-corrected chi connectivity index (χ3v) is 2.93. The SMILES string of the molecule is COc1ncc(Cl)c(CC(N)c2ccccc2)n1. The number of ether oxygens (including phenoxy) is 1. The normalized spacial score (nSPS) is 12.2. The molecule has 0 amide bonds. The molecule has 1 heterocycles. The first-order valence-electron chi connectivity index (χ1n) is 5.56. The zero-order valence-corrected chi connectivity index (χ0v) is 10.8. The number of methoxy groups -OCH3 is 1. The minimum atomic E-state index is -0.150. The van der Waals surface area contributed by atoms with E-state index in [-0.39, 0.29) is 6.04 Å². The number of benzene rings is 1. The fraction of sp³-hybridized carbons (Fsp3) is 0.231. The van der Waals surface area contributed by atoms with E-state index in [2.05, 4.69) is 9.97 Å². The van der Waals surface area contributed by atoms with Crippen molar-refractivity contribution in [3.63, 3.8) is 0 Å². The third kappa shape index (κ3) is 2.97. The Morgan fingerprint density at radius 1 is 1.33 bits per heavy atom. The van der Waals surface area contributed by atoms with Gasteiger partial charge in [0, 0.05) is 12.5 Å². The van der Waals surface area contributed by atoms with Crippen molar-refractivity contribution in [1.82, 2.24) is 9.97 Å². The van der Waals surface area contributed by atoms with Crippen molar-refractivity contribution in [2.75, 3.05) is 7.11 Å². The Morgan fingerprint density at radius 3 is 2.72 bits per heavy atom. The van der Waals surface area contributed by atoms with Crippen molar-refractivity contribution >= 4 is 11.6 Å². The van der Waals surface area contributed by atoms with Crippen LogP contribution in [-0.4, -0.2) is 17.1 Å². The van der Waals surface area contributed by atoms with Gasteiger partial charge in [-0.2, -0.15) is 4.98 Å². The number of aromatic nitrogens is 2. The van der Waals surface area contributed by atoms with Crippen LogP contribution in [0.25, 0.3) is 0 Å². The molecular formula is C13H14ClN3O. The van der Waals surface area contributed by atoms with Crippen molar-refractivity contribution in [2.45, 2.75) is 12.5 Å². The summed E-state index contributed by atoms with van der Waals surface area (Å²) in [5.41, 5.74) is 7.87. The number of nitrogens with zero attached hydrogens (tertiary/aromatic N) is 2. The zero-order valence-electron chi connectivity index (χ0n) is 10.0. The van der Waals surface area contributed by atoms with Crippen LogP contribution in [0.2, 0.25) is 5.02 Å². The van der Waals surface area contributed by atoms with Crippen LogP contribution >= 0.6 is 11.6 Å². The van der Waals surface area contributed by atoms with Crippen molar-refractivity contribution in [3.8, 4) is 6.01 Å². The van der Waals surface area contributed by atoms with E-state index >= 15 is 0 Å². The van der Waals surface area contributed by atoms with Crippen LogP contribution in [0.4, 0.5) is 0 Å². The monoisotopic (exact) mass is 263 g/mol. The molecule has 0 spiro atoms. The van der Waals surface area contributed by atoms with Crippen molar-refractivity contribution in [1.29, 1.82) is 0 Å². The molecule has 0 aliphatic rings. The van der Waals surface area contributed by atoms with Crippen molar-refractivity contribution in [3.05, 3.63) is 52.8 Å². The van der Waals surface area contributed by atoms with Gasteiger partial charge in [0.25, 0.3) is 0 Å². The van der Waals surface area contributed by atoms with Gasteiger partial charge >= 0.3 is 6.01 Å². The van der Waals surface area contributed by atoms with Gasteiger partial charge in [-0.25, -0.2) is 4.98 Å². The second-order valence-corrected chi connectivity index (χ2v) is 4.28. The zero-order chi connectivity index (χ0) is 13.0. The van der Waals surface area contributed by atoms with Crippen molar-refractivity contribution < 1.29 is 4.74 Å². The second kappa shape index (κ2) is 5.80. The maximum Gasteiger partial charge on any atom is 0.316 e. The summed E-state index contributed by atoms with van der Waals surface area (Å²) in [5, 5.41) is 0.502. The summed E-state index contributed by atoms with van der Waals surface area (Å²) >= 11 is 6.05. The molecule has 0 aliphatic heterocycles. The fourth-order valence-corrected chi connectivity index (χ4v) is 1.82. The van der Waals surface area contributed by atoms with Crippen molar-refractivity contribution in [2.24, 2.45) is 5.73 Å². The lowest BCUT2D eigenvalue weighted by atomic mass is 10.0. The quantitative estimate of drug-likeness (QED) is 0.920. The number of halogens is 1. The molecule has 0 bridgehead atoms. The van der Waals surface area contributed by atoms with Gasteiger partial charge in [-0.3, -0.25) is 0 Å². The highest BCUT2D eigenvalue weighted by Crippen LogP contribution is 2.21. The highest BCUT2D eigenvalue weighted by atomic mass is 35.5. The molecule has 18 heavy (non-hydrogen) atoms. The standard InChI is InChI=1S/C13H14ClN3O/c1-18-13-16-8-10(14)12(17-13)7-11(15)9-5-3-2-4-6-9/h2-6,8,11H,7,15H2,1H3. The highest BCUT2D eigenvalue weighted by Gasteiger charge is 2.12. The maximum atomic E-state index is 6.13. The summed E-state index contributed by atoms with van der Waals surface area (Å²) in [6, 6.07) is 9.98. The number of hydrogen-bond acceptors (Lipinski definition) is 4. The summed E-state index contributed by atoms with van der Waals surface area (Å²) in [5.74, 6) is 0. The minimum Gasteiger partial charge on any atom is -0.467 e. The molecule has 2 N–H and O–H groups in total. The number of hydrogen-bond donors (Lipinski definition) is 1. The summed E-state index contributed by atoms with van der Waals surface area (Å²) in [7, 11) is 1.52. The van der Waals surface area contributed by atoms with Gasteiger partial charge in [-0.05, 0) is 5.56 Å². The molecule has 94 valence electrons. The molecule has 4 nitrogen and oxygen atoms in total. The summed E-state index contributed by atoms with van der Waals surface area (Å²) in [6.45, 7) is 0. The first-order chi connectivity index (χ1) is 8.70. The molecule has 1 atom stereocenters. The molecule has 1 unspecified atom stereocenters. The van der Waals surface area contributed by atoms with E-state index in [1.54, 1.807) is 0 Å². The van der Waals surface area contributed by atoms with E-state index in [4.69, 9.17) is 22.1 Å². The lowest BCUT2D eigenvalue weighted by Crippen LogP contribution is -2.14. The molecule has 1 aromatic heterocycles. The van der Waals surface area contributed by atoms with E-state index in [0.717, 1.165) is 5.56 Å². The van der Waals surface area contributed by atoms with Crippen LogP contribution in [0, 0.1) is 0 Å². The van der Waals surface area contributed by atoms with Crippen LogP contribution in [0.3, 0.4) is 0 Å². The topological polar surface area (TPSA) is 61.0 Å². The van der Waals surface area contributed by atoms with E-state index in [1.807, 2.05) is 30.3 Å². The minimum absolute atomic E-state index is 0.150. The maximum absolute atomic E-state index is 6.13. The molecule has 5 heteroatoms. The Morgan fingerprint density at radius 2 is 2.06 bits per heavy atom. The van der Waals surface area contributed by atoms with Gasteiger partial charge in [-0.15, -0.1) is 0 Å². The van der Waals surface area contributed by atoms with Crippen LogP contribution in [0.5, 0.6) is 6.01 Å². The van der Waals surface area contributed by atoms with Gasteiger partial charge in [0.05, 0.1) is 24.0 Å². The smallest absolute Gasteiger partial charge is 0.316 e. The highest BCUT2D eigenvalue weighted by molar-refractivity contribution is 6.31. The lowest BCUT2D eigenvalue weighted by molar-refractivity contribution is 0.377. The number of nitrogens with two attached hydrogens (primary N) is 1. The fourth-order valence-electron chi connectivity index (χ4n) is 1.65. The first kappa shape index (κ1) is 12.8. The Bertz CT molecular complexity index is 519. The third-order valence-electron chi connectivity index (χ3n) is 2.62. The molecule has 2 rings (SSSR count). The summed E-state index contributed by atoms with van der Waals surface area (Å²) in [4.78, 5) is 8.14. The second-order valence-electron chi connectivity index (χ2n) is 3.87. The summed E-state index contributed by atoms with van der Waals surface area (Å²) < 4.78 is 4.98. The van der Waals surface area contributed by atoms with E-state index in [1.165, 1.54) is 13.3 Å². The van der Waals surface area contributed by atoms with E-state index < -0.39 is 0 Å². The Labute approximate surface area is 111 Å². The van der Waals surface area contributed by atoms with Crippen LogP contribution < -0.4 is 10.5 Å². The number of rotatable bonds is 4. The molecular weight excluding hydrogens is 250 g/mol. The van der Waals surface area contributed by atoms with E-state index in [0.29, 0.717) is 23.1 Å². The van der Waals surface area contributed by atoms with Gasteiger partial charge in [0.15, 0.2) is 0 Å². The average molecular weight is 264 g/mol. The van der Waals surface area contributed by atoms with Gasteiger partial charge < -0.3 is 10.5 Å². The molecule has 0 radical (unpaired) electrons. The van der Waals surface area contributed by atoms with E-state index in [9.17, 15) is 0 Å². The molecule has 0 aliphatic carbocycles. The Hall–Kier alpha value is -1.65. The first-order valence-corrected chi connectivity index (χ1v) is 5.94. The Balaban J connectivity index is 2.18.